The molecule has 0 atom stereocenters. The SMILES string of the molecule is CCOc1ccc(CC(=O)N2CCC(c3cc(=O)[nH]c(-c4cnccn4)n3)CC2)cc1. The van der Waals surface area contributed by atoms with Gasteiger partial charge in [-0.2, -0.15) is 0 Å². The number of amides is 1. The fourth-order valence-electron chi connectivity index (χ4n) is 3.81. The maximum absolute atomic E-state index is 12.7. The lowest BCUT2D eigenvalue weighted by atomic mass is 9.93. The Morgan fingerprint density at radius 1 is 1.19 bits per heavy atom. The van der Waals surface area contributed by atoms with E-state index in [2.05, 4.69) is 19.9 Å². The first-order valence-electron chi connectivity index (χ1n) is 10.5. The molecule has 0 saturated carbocycles. The number of carbonyl (C=O) groups excluding carboxylic acids is 1. The monoisotopic (exact) mass is 419 g/mol. The van der Waals surface area contributed by atoms with Crippen LogP contribution in [0, 0.1) is 0 Å². The first-order chi connectivity index (χ1) is 15.1. The van der Waals surface area contributed by atoms with Crippen LogP contribution in [0.1, 0.15) is 36.9 Å². The van der Waals surface area contributed by atoms with Gasteiger partial charge >= 0.3 is 0 Å². The van der Waals surface area contributed by atoms with E-state index in [4.69, 9.17) is 4.74 Å². The van der Waals surface area contributed by atoms with Crippen LogP contribution in [-0.2, 0) is 11.2 Å². The number of aromatic nitrogens is 4. The molecule has 8 nitrogen and oxygen atoms in total. The molecule has 1 N–H and O–H groups in total. The topological polar surface area (TPSA) is 101 Å². The first kappa shape index (κ1) is 20.7. The van der Waals surface area contributed by atoms with Gasteiger partial charge < -0.3 is 14.6 Å². The van der Waals surface area contributed by atoms with E-state index in [1.54, 1.807) is 24.7 Å². The van der Waals surface area contributed by atoms with Crippen LogP contribution in [0.3, 0.4) is 0 Å². The second kappa shape index (κ2) is 9.51. The number of hydrogen-bond acceptors (Lipinski definition) is 6. The molecule has 1 fully saturated rings. The van der Waals surface area contributed by atoms with Gasteiger partial charge in [0, 0.05) is 37.5 Å². The number of benzene rings is 1. The highest BCUT2D eigenvalue weighted by Gasteiger charge is 2.25. The van der Waals surface area contributed by atoms with Crippen LogP contribution >= 0.6 is 0 Å². The van der Waals surface area contributed by atoms with Crippen molar-refractivity contribution >= 4 is 5.91 Å². The highest BCUT2D eigenvalue weighted by molar-refractivity contribution is 5.79. The lowest BCUT2D eigenvalue weighted by molar-refractivity contribution is -0.131. The summed E-state index contributed by atoms with van der Waals surface area (Å²) < 4.78 is 5.45. The Hall–Kier alpha value is -3.55. The van der Waals surface area contributed by atoms with Crippen molar-refractivity contribution in [3.63, 3.8) is 0 Å². The predicted molar refractivity (Wildman–Crippen MR) is 116 cm³/mol. The third-order valence-corrected chi connectivity index (χ3v) is 5.42. The zero-order chi connectivity index (χ0) is 21.6. The quantitative estimate of drug-likeness (QED) is 0.659. The predicted octanol–water partition coefficient (Wildman–Crippen LogP) is 2.57. The van der Waals surface area contributed by atoms with Gasteiger partial charge in [-0.25, -0.2) is 9.97 Å². The molecule has 160 valence electrons. The largest absolute Gasteiger partial charge is 0.494 e. The maximum Gasteiger partial charge on any atom is 0.251 e. The molecule has 0 radical (unpaired) electrons. The van der Waals surface area contributed by atoms with E-state index < -0.39 is 0 Å². The minimum atomic E-state index is -0.209. The molecule has 1 aliphatic rings. The maximum atomic E-state index is 12.7. The van der Waals surface area contributed by atoms with Gasteiger partial charge in [-0.05, 0) is 37.5 Å². The summed E-state index contributed by atoms with van der Waals surface area (Å²) in [5.41, 5.74) is 2.03. The van der Waals surface area contributed by atoms with Gasteiger partial charge in [-0.1, -0.05) is 12.1 Å². The van der Waals surface area contributed by atoms with Gasteiger partial charge in [0.15, 0.2) is 5.82 Å². The standard InChI is InChI=1S/C23H25N5O3/c1-2-31-18-5-3-16(4-6-18)13-22(30)28-11-7-17(8-12-28)19-14-21(29)27-23(26-19)20-15-24-9-10-25-20/h3-6,9-10,14-15,17H,2,7-8,11-13H2,1H3,(H,26,27,29). The van der Waals surface area contributed by atoms with Crippen LogP contribution in [0.25, 0.3) is 11.5 Å². The number of H-pyrrole nitrogens is 1. The molecule has 3 aromatic rings. The van der Waals surface area contributed by atoms with Crippen LogP contribution < -0.4 is 10.3 Å². The molecule has 0 aliphatic carbocycles. The average Bonchev–Trinajstić information content (AvgIpc) is 2.81. The van der Waals surface area contributed by atoms with E-state index >= 15 is 0 Å². The third-order valence-electron chi connectivity index (χ3n) is 5.42. The highest BCUT2D eigenvalue weighted by Crippen LogP contribution is 2.27. The molecule has 1 amide bonds. The fourth-order valence-corrected chi connectivity index (χ4v) is 3.81. The number of nitrogens with one attached hydrogen (secondary N) is 1. The molecule has 31 heavy (non-hydrogen) atoms. The number of piperidine rings is 1. The Bertz CT molecular complexity index is 1070. The van der Waals surface area contributed by atoms with Crippen LogP contribution in [0.4, 0.5) is 0 Å². The summed E-state index contributed by atoms with van der Waals surface area (Å²) in [6.07, 6.45) is 6.63. The Morgan fingerprint density at radius 3 is 2.65 bits per heavy atom. The number of nitrogens with zero attached hydrogens (tertiary/aromatic N) is 4. The van der Waals surface area contributed by atoms with Crippen molar-refractivity contribution in [1.82, 2.24) is 24.8 Å². The molecule has 3 heterocycles. The smallest absolute Gasteiger partial charge is 0.251 e. The van der Waals surface area contributed by atoms with Crippen molar-refractivity contribution in [2.75, 3.05) is 19.7 Å². The van der Waals surface area contributed by atoms with Crippen LogP contribution in [0.15, 0.2) is 53.7 Å². The van der Waals surface area contributed by atoms with E-state index in [1.165, 1.54) is 0 Å². The van der Waals surface area contributed by atoms with E-state index in [-0.39, 0.29) is 17.4 Å². The Balaban J connectivity index is 1.38. The van der Waals surface area contributed by atoms with Crippen LogP contribution in [0.2, 0.25) is 0 Å². The Morgan fingerprint density at radius 2 is 1.97 bits per heavy atom. The van der Waals surface area contributed by atoms with Crippen molar-refractivity contribution in [2.24, 2.45) is 0 Å². The van der Waals surface area contributed by atoms with Crippen molar-refractivity contribution in [3.8, 4) is 17.3 Å². The molecule has 1 saturated heterocycles. The summed E-state index contributed by atoms with van der Waals surface area (Å²) in [5.74, 6) is 1.48. The second-order valence-electron chi connectivity index (χ2n) is 7.52. The van der Waals surface area contributed by atoms with Gasteiger partial charge in [0.2, 0.25) is 5.91 Å². The van der Waals surface area contributed by atoms with E-state index in [9.17, 15) is 9.59 Å². The van der Waals surface area contributed by atoms with Gasteiger partial charge in [-0.3, -0.25) is 14.6 Å². The lowest BCUT2D eigenvalue weighted by Gasteiger charge is -2.32. The van der Waals surface area contributed by atoms with Crippen molar-refractivity contribution in [1.29, 1.82) is 0 Å². The van der Waals surface area contributed by atoms with E-state index in [1.807, 2.05) is 36.1 Å². The minimum Gasteiger partial charge on any atom is -0.494 e. The Kier molecular flexibility index (Phi) is 6.35. The number of aromatic amines is 1. The Labute approximate surface area is 180 Å². The fraction of sp³-hybridized carbons (Fsp3) is 0.348. The summed E-state index contributed by atoms with van der Waals surface area (Å²) in [6.45, 7) is 3.86. The lowest BCUT2D eigenvalue weighted by Crippen LogP contribution is -2.39. The molecule has 1 aromatic carbocycles. The number of hydrogen-bond donors (Lipinski definition) is 1. The first-order valence-corrected chi connectivity index (χ1v) is 10.5. The zero-order valence-electron chi connectivity index (χ0n) is 17.5. The summed E-state index contributed by atoms with van der Waals surface area (Å²) in [5, 5.41) is 0. The number of likely N-dealkylation sites (tertiary alicyclic amines) is 1. The molecule has 0 spiro atoms. The van der Waals surface area contributed by atoms with Gasteiger partial charge in [-0.15, -0.1) is 0 Å². The summed E-state index contributed by atoms with van der Waals surface area (Å²) in [6, 6.07) is 9.20. The molecule has 1 aliphatic heterocycles. The highest BCUT2D eigenvalue weighted by atomic mass is 16.5. The van der Waals surface area contributed by atoms with Gasteiger partial charge in [0.1, 0.15) is 11.4 Å². The number of rotatable bonds is 6. The molecule has 0 bridgehead atoms. The normalized spacial score (nSPS) is 14.4. The molecular weight excluding hydrogens is 394 g/mol. The van der Waals surface area contributed by atoms with Gasteiger partial charge in [0.25, 0.3) is 5.56 Å². The average molecular weight is 419 g/mol. The van der Waals surface area contributed by atoms with Crippen molar-refractivity contribution in [3.05, 3.63) is 70.5 Å². The van der Waals surface area contributed by atoms with Crippen LogP contribution in [0.5, 0.6) is 5.75 Å². The zero-order valence-corrected chi connectivity index (χ0v) is 17.5. The molecule has 2 aromatic heterocycles. The minimum absolute atomic E-state index is 0.113. The van der Waals surface area contributed by atoms with Gasteiger partial charge in [0.05, 0.1) is 24.9 Å². The molecular formula is C23H25N5O3. The molecule has 8 heteroatoms. The molecule has 4 rings (SSSR count). The summed E-state index contributed by atoms with van der Waals surface area (Å²) in [4.78, 5) is 42.4. The summed E-state index contributed by atoms with van der Waals surface area (Å²) in [7, 11) is 0. The van der Waals surface area contributed by atoms with E-state index in [0.717, 1.165) is 29.8 Å². The molecule has 0 unspecified atom stereocenters. The number of ether oxygens (including phenoxy) is 1. The van der Waals surface area contributed by atoms with Crippen molar-refractivity contribution in [2.45, 2.75) is 32.1 Å². The third kappa shape index (κ3) is 5.14. The summed E-state index contributed by atoms with van der Waals surface area (Å²) >= 11 is 0. The van der Waals surface area contributed by atoms with E-state index in [0.29, 0.717) is 37.6 Å². The van der Waals surface area contributed by atoms with Crippen LogP contribution in [-0.4, -0.2) is 50.4 Å². The second-order valence-corrected chi connectivity index (χ2v) is 7.52. The number of carbonyl (C=O) groups is 1. The van der Waals surface area contributed by atoms with Crippen molar-refractivity contribution < 1.29 is 9.53 Å².